The Balaban J connectivity index is 0.00000200. The summed E-state index contributed by atoms with van der Waals surface area (Å²) in [6.45, 7) is 4.89. The number of hydrogen-bond donors (Lipinski definition) is 2. The van der Waals surface area contributed by atoms with Gasteiger partial charge in [-0.3, -0.25) is 4.79 Å². The van der Waals surface area contributed by atoms with Crippen LogP contribution in [0.2, 0.25) is 5.02 Å². The maximum absolute atomic E-state index is 12.1. The fourth-order valence-corrected chi connectivity index (χ4v) is 3.09. The van der Waals surface area contributed by atoms with Gasteiger partial charge in [-0.2, -0.15) is 0 Å². The molecule has 0 bridgehead atoms. The third kappa shape index (κ3) is 4.62. The number of carbonyl (C=O) groups excluding carboxylic acids is 1. The fraction of sp³-hybridized carbons (Fsp3) is 0.500. The van der Waals surface area contributed by atoms with Crippen LogP contribution in [0.1, 0.15) is 30.1 Å². The largest absolute Gasteiger partial charge is 0.351 e. The molecule has 0 saturated carbocycles. The van der Waals surface area contributed by atoms with E-state index in [2.05, 4.69) is 33.5 Å². The smallest absolute Gasteiger partial charge is 0.252 e. The van der Waals surface area contributed by atoms with Crippen LogP contribution in [0, 0.1) is 5.41 Å². The molecule has 1 aliphatic heterocycles. The van der Waals surface area contributed by atoms with Crippen molar-refractivity contribution in [2.75, 3.05) is 19.6 Å². The van der Waals surface area contributed by atoms with Crippen molar-refractivity contribution in [3.05, 3.63) is 33.3 Å². The van der Waals surface area contributed by atoms with E-state index in [1.54, 1.807) is 12.1 Å². The van der Waals surface area contributed by atoms with Gasteiger partial charge in [0.2, 0.25) is 0 Å². The first kappa shape index (κ1) is 17.8. The monoisotopic (exact) mass is 380 g/mol. The fourth-order valence-electron chi connectivity index (χ4n) is 2.33. The lowest BCUT2D eigenvalue weighted by molar-refractivity contribution is 0.0925. The van der Waals surface area contributed by atoms with Crippen LogP contribution in [0.3, 0.4) is 0 Å². The molecule has 112 valence electrons. The summed E-state index contributed by atoms with van der Waals surface area (Å²) in [4.78, 5) is 12.1. The Kier molecular flexibility index (Phi) is 6.79. The summed E-state index contributed by atoms with van der Waals surface area (Å²) in [7, 11) is 0. The van der Waals surface area contributed by atoms with Crippen molar-refractivity contribution in [2.45, 2.75) is 19.8 Å². The third-order valence-electron chi connectivity index (χ3n) is 3.54. The summed E-state index contributed by atoms with van der Waals surface area (Å²) < 4.78 is 0.873. The molecule has 0 spiro atoms. The Labute approximate surface area is 139 Å². The highest BCUT2D eigenvalue weighted by Crippen LogP contribution is 2.25. The highest BCUT2D eigenvalue weighted by atomic mass is 79.9. The highest BCUT2D eigenvalue weighted by Gasteiger charge is 2.27. The standard InChI is InChI=1S/C14H18BrClN2O.ClH/c1-14(5-2-6-17-8-14)9-18-13(19)11-4-3-10(15)7-12(11)16;/h3-4,7,17H,2,5-6,8-9H2,1H3,(H,18,19);1H. The zero-order valence-electron chi connectivity index (χ0n) is 11.3. The van der Waals surface area contributed by atoms with Crippen molar-refractivity contribution in [1.29, 1.82) is 0 Å². The van der Waals surface area contributed by atoms with Gasteiger partial charge in [-0.15, -0.1) is 12.4 Å². The molecular formula is C14H19BrCl2N2O. The number of rotatable bonds is 3. The summed E-state index contributed by atoms with van der Waals surface area (Å²) in [5, 5.41) is 6.84. The maximum Gasteiger partial charge on any atom is 0.252 e. The first-order valence-electron chi connectivity index (χ1n) is 6.44. The predicted molar refractivity (Wildman–Crippen MR) is 88.9 cm³/mol. The van der Waals surface area contributed by atoms with Crippen LogP contribution in [-0.4, -0.2) is 25.5 Å². The summed E-state index contributed by atoms with van der Waals surface area (Å²) >= 11 is 9.41. The van der Waals surface area contributed by atoms with E-state index in [0.29, 0.717) is 17.1 Å². The summed E-state index contributed by atoms with van der Waals surface area (Å²) in [6, 6.07) is 5.30. The molecule has 2 N–H and O–H groups in total. The topological polar surface area (TPSA) is 41.1 Å². The molecule has 1 unspecified atom stereocenters. The number of hydrogen-bond acceptors (Lipinski definition) is 2. The minimum absolute atomic E-state index is 0. The lowest BCUT2D eigenvalue weighted by Gasteiger charge is -2.34. The van der Waals surface area contributed by atoms with Crippen molar-refractivity contribution < 1.29 is 4.79 Å². The van der Waals surface area contributed by atoms with Gasteiger partial charge < -0.3 is 10.6 Å². The number of carbonyl (C=O) groups is 1. The van der Waals surface area contributed by atoms with Crippen molar-refractivity contribution in [2.24, 2.45) is 5.41 Å². The summed E-state index contributed by atoms with van der Waals surface area (Å²) in [6.07, 6.45) is 2.29. The van der Waals surface area contributed by atoms with E-state index >= 15 is 0 Å². The summed E-state index contributed by atoms with van der Waals surface area (Å²) in [5.41, 5.74) is 0.660. The van der Waals surface area contributed by atoms with Gasteiger partial charge in [-0.05, 0) is 43.0 Å². The molecule has 0 radical (unpaired) electrons. The molecule has 2 rings (SSSR count). The van der Waals surface area contributed by atoms with Crippen molar-refractivity contribution in [1.82, 2.24) is 10.6 Å². The van der Waals surface area contributed by atoms with E-state index in [0.717, 1.165) is 30.4 Å². The maximum atomic E-state index is 12.1. The quantitative estimate of drug-likeness (QED) is 0.838. The lowest BCUT2D eigenvalue weighted by atomic mass is 9.83. The number of amides is 1. The highest BCUT2D eigenvalue weighted by molar-refractivity contribution is 9.10. The zero-order chi connectivity index (χ0) is 13.9. The first-order valence-corrected chi connectivity index (χ1v) is 7.61. The molecule has 1 heterocycles. The van der Waals surface area contributed by atoms with Gasteiger partial charge in [0.25, 0.3) is 5.91 Å². The van der Waals surface area contributed by atoms with Gasteiger partial charge in [0, 0.05) is 17.6 Å². The van der Waals surface area contributed by atoms with Crippen LogP contribution in [-0.2, 0) is 0 Å². The molecule has 3 nitrogen and oxygen atoms in total. The van der Waals surface area contributed by atoms with Gasteiger partial charge in [-0.1, -0.05) is 34.5 Å². The SMILES string of the molecule is CC1(CNC(=O)c2ccc(Br)cc2Cl)CCCNC1.Cl. The number of halogens is 3. The molecule has 6 heteroatoms. The minimum Gasteiger partial charge on any atom is -0.351 e. The summed E-state index contributed by atoms with van der Waals surface area (Å²) in [5.74, 6) is -0.107. The average molecular weight is 382 g/mol. The molecule has 1 saturated heterocycles. The molecule has 1 aromatic rings. The van der Waals surface area contributed by atoms with Crippen molar-refractivity contribution in [3.8, 4) is 0 Å². The number of benzene rings is 1. The van der Waals surface area contributed by atoms with Gasteiger partial charge in [0.05, 0.1) is 10.6 Å². The molecule has 20 heavy (non-hydrogen) atoms. The molecular weight excluding hydrogens is 363 g/mol. The van der Waals surface area contributed by atoms with E-state index in [-0.39, 0.29) is 23.7 Å². The van der Waals surface area contributed by atoms with Crippen LogP contribution >= 0.6 is 39.9 Å². The second-order valence-corrected chi connectivity index (χ2v) is 6.72. The Morgan fingerprint density at radius 3 is 2.90 bits per heavy atom. The van der Waals surface area contributed by atoms with Crippen LogP contribution in [0.15, 0.2) is 22.7 Å². The van der Waals surface area contributed by atoms with Crippen molar-refractivity contribution >= 4 is 45.8 Å². The number of nitrogens with one attached hydrogen (secondary N) is 2. The second kappa shape index (κ2) is 7.64. The average Bonchev–Trinajstić information content (AvgIpc) is 2.37. The number of piperidine rings is 1. The van der Waals surface area contributed by atoms with Crippen molar-refractivity contribution in [3.63, 3.8) is 0 Å². The van der Waals surface area contributed by atoms with E-state index < -0.39 is 0 Å². The van der Waals surface area contributed by atoms with Crippen LogP contribution < -0.4 is 10.6 Å². The molecule has 0 aromatic heterocycles. The Morgan fingerprint density at radius 2 is 2.30 bits per heavy atom. The van der Waals surface area contributed by atoms with E-state index in [1.807, 2.05) is 6.07 Å². The lowest BCUT2D eigenvalue weighted by Crippen LogP contribution is -2.45. The predicted octanol–water partition coefficient (Wildman–Crippen LogP) is 3.64. The minimum atomic E-state index is -0.107. The van der Waals surface area contributed by atoms with Gasteiger partial charge in [-0.25, -0.2) is 0 Å². The normalized spacial score (nSPS) is 21.9. The second-order valence-electron chi connectivity index (χ2n) is 5.40. The third-order valence-corrected chi connectivity index (χ3v) is 4.34. The Morgan fingerprint density at radius 1 is 1.55 bits per heavy atom. The van der Waals surface area contributed by atoms with Crippen LogP contribution in [0.5, 0.6) is 0 Å². The van der Waals surface area contributed by atoms with Gasteiger partial charge in [0.15, 0.2) is 0 Å². The van der Waals surface area contributed by atoms with E-state index in [4.69, 9.17) is 11.6 Å². The van der Waals surface area contributed by atoms with E-state index in [1.165, 1.54) is 0 Å². The molecule has 1 fully saturated rings. The van der Waals surface area contributed by atoms with Crippen LogP contribution in [0.25, 0.3) is 0 Å². The Bertz CT molecular complexity index is 476. The molecule has 1 amide bonds. The molecule has 0 aliphatic carbocycles. The molecule has 1 aromatic carbocycles. The molecule has 1 aliphatic rings. The zero-order valence-corrected chi connectivity index (χ0v) is 14.5. The van der Waals surface area contributed by atoms with E-state index in [9.17, 15) is 4.79 Å². The first-order chi connectivity index (χ1) is 9.00. The van der Waals surface area contributed by atoms with Gasteiger partial charge >= 0.3 is 0 Å². The van der Waals surface area contributed by atoms with Crippen LogP contribution in [0.4, 0.5) is 0 Å². The van der Waals surface area contributed by atoms with Gasteiger partial charge in [0.1, 0.15) is 0 Å². The Hall–Kier alpha value is -0.290. The molecule has 1 atom stereocenters.